The van der Waals surface area contributed by atoms with Crippen molar-refractivity contribution >= 4 is 34.3 Å². The lowest BCUT2D eigenvalue weighted by molar-refractivity contribution is 0.0695. The zero-order chi connectivity index (χ0) is 19.8. The minimum atomic E-state index is -1.27. The Morgan fingerprint density at radius 3 is 2.68 bits per heavy atom. The molecule has 1 saturated heterocycles. The van der Waals surface area contributed by atoms with E-state index in [1.54, 1.807) is 11.8 Å². The highest BCUT2D eigenvalue weighted by atomic mass is 32.2. The largest absolute Gasteiger partial charge is 0.477 e. The molecule has 2 heterocycles. The number of aromatic carboxylic acids is 1. The number of fused-ring (bicyclic) bond motifs is 1. The molecule has 28 heavy (non-hydrogen) atoms. The van der Waals surface area contributed by atoms with Gasteiger partial charge in [0.05, 0.1) is 24.4 Å². The molecule has 0 unspecified atom stereocenters. The standard InChI is InChI=1S/C20H23FN2O4S/c1-2-28-11-15-17-13(9-16(21)18(15)22-5-7-27-8-6-22)19(24)14(20(25)26)10-23(17)12-3-4-12/h9-10,12H,2-8,11H2,1H3,(H,25,26). The van der Waals surface area contributed by atoms with Gasteiger partial charge in [-0.15, -0.1) is 0 Å². The van der Waals surface area contributed by atoms with Gasteiger partial charge in [0.25, 0.3) is 0 Å². The second kappa shape index (κ2) is 7.75. The van der Waals surface area contributed by atoms with E-state index in [1.807, 2.05) is 16.4 Å². The number of carboxylic acids is 1. The summed E-state index contributed by atoms with van der Waals surface area (Å²) in [5, 5.41) is 9.62. The maximum atomic E-state index is 15.3. The molecule has 1 aliphatic carbocycles. The van der Waals surface area contributed by atoms with Gasteiger partial charge in [-0.05, 0) is 24.7 Å². The second-order valence-corrected chi connectivity index (χ2v) is 8.41. The first-order valence-corrected chi connectivity index (χ1v) is 10.7. The molecule has 4 rings (SSSR count). The Kier molecular flexibility index (Phi) is 5.33. The van der Waals surface area contributed by atoms with Crippen LogP contribution in [0.2, 0.25) is 0 Å². The van der Waals surface area contributed by atoms with E-state index in [0.29, 0.717) is 43.3 Å². The van der Waals surface area contributed by atoms with Gasteiger partial charge in [-0.2, -0.15) is 11.8 Å². The van der Waals surface area contributed by atoms with Crippen LogP contribution in [0.4, 0.5) is 10.1 Å². The molecule has 2 fully saturated rings. The molecule has 150 valence electrons. The molecular weight excluding hydrogens is 383 g/mol. The van der Waals surface area contributed by atoms with Crippen LogP contribution in [0, 0.1) is 5.82 Å². The Bertz CT molecular complexity index is 981. The predicted molar refractivity (Wildman–Crippen MR) is 108 cm³/mol. The number of hydrogen-bond donors (Lipinski definition) is 1. The molecule has 8 heteroatoms. The van der Waals surface area contributed by atoms with Gasteiger partial charge in [0.15, 0.2) is 0 Å². The molecule has 1 aromatic carbocycles. The van der Waals surface area contributed by atoms with Crippen LogP contribution in [0.15, 0.2) is 17.1 Å². The van der Waals surface area contributed by atoms with Crippen molar-refractivity contribution in [3.63, 3.8) is 0 Å². The summed E-state index contributed by atoms with van der Waals surface area (Å²) in [6.45, 7) is 4.29. The van der Waals surface area contributed by atoms with Gasteiger partial charge in [-0.1, -0.05) is 6.92 Å². The van der Waals surface area contributed by atoms with E-state index >= 15 is 4.39 Å². The Morgan fingerprint density at radius 1 is 1.36 bits per heavy atom. The Morgan fingerprint density at radius 2 is 2.07 bits per heavy atom. The highest BCUT2D eigenvalue weighted by molar-refractivity contribution is 7.98. The Labute approximate surface area is 166 Å². The number of aromatic nitrogens is 1. The minimum absolute atomic E-state index is 0.160. The molecule has 0 atom stereocenters. The summed E-state index contributed by atoms with van der Waals surface area (Å²) in [5.41, 5.74) is 1.07. The van der Waals surface area contributed by atoms with Crippen LogP contribution in [-0.2, 0) is 10.5 Å². The van der Waals surface area contributed by atoms with Gasteiger partial charge in [0.2, 0.25) is 5.43 Å². The van der Waals surface area contributed by atoms with Crippen LogP contribution in [0.5, 0.6) is 0 Å². The van der Waals surface area contributed by atoms with Gasteiger partial charge < -0.3 is 19.3 Å². The van der Waals surface area contributed by atoms with Crippen LogP contribution >= 0.6 is 11.8 Å². The monoisotopic (exact) mass is 406 g/mol. The van der Waals surface area contributed by atoms with Crippen molar-refractivity contribution in [2.75, 3.05) is 37.0 Å². The zero-order valence-corrected chi connectivity index (χ0v) is 16.6. The highest BCUT2D eigenvalue weighted by Gasteiger charge is 2.30. The number of anilines is 1. The van der Waals surface area contributed by atoms with Crippen molar-refractivity contribution in [2.45, 2.75) is 31.6 Å². The smallest absolute Gasteiger partial charge is 0.341 e. The Hall–Kier alpha value is -2.06. The number of carboxylic acid groups (broad SMARTS) is 1. The summed E-state index contributed by atoms with van der Waals surface area (Å²) >= 11 is 1.66. The third-order valence-corrected chi connectivity index (χ3v) is 6.19. The molecule has 0 bridgehead atoms. The lowest BCUT2D eigenvalue weighted by Gasteiger charge is -2.32. The van der Waals surface area contributed by atoms with E-state index in [-0.39, 0.29) is 17.0 Å². The molecule has 6 nitrogen and oxygen atoms in total. The molecule has 2 aliphatic rings. The highest BCUT2D eigenvalue weighted by Crippen LogP contribution is 2.41. The van der Waals surface area contributed by atoms with Crippen molar-refractivity contribution in [3.8, 4) is 0 Å². The van der Waals surface area contributed by atoms with Gasteiger partial charge in [-0.3, -0.25) is 4.79 Å². The van der Waals surface area contributed by atoms with Crippen molar-refractivity contribution in [1.29, 1.82) is 0 Å². The van der Waals surface area contributed by atoms with Crippen LogP contribution in [0.25, 0.3) is 10.9 Å². The second-order valence-electron chi connectivity index (χ2n) is 7.13. The summed E-state index contributed by atoms with van der Waals surface area (Å²) in [7, 11) is 0. The summed E-state index contributed by atoms with van der Waals surface area (Å²) in [6, 6.07) is 1.39. The van der Waals surface area contributed by atoms with Crippen molar-refractivity contribution in [2.24, 2.45) is 0 Å². The molecule has 1 aliphatic heterocycles. The van der Waals surface area contributed by atoms with Gasteiger partial charge in [0, 0.05) is 42.0 Å². The topological polar surface area (TPSA) is 71.8 Å². The summed E-state index contributed by atoms with van der Waals surface area (Å²) < 4.78 is 22.6. The molecule has 0 spiro atoms. The maximum absolute atomic E-state index is 15.3. The van der Waals surface area contributed by atoms with E-state index in [0.717, 1.165) is 24.2 Å². The van der Waals surface area contributed by atoms with Crippen molar-refractivity contribution in [3.05, 3.63) is 39.4 Å². The number of carbonyl (C=O) groups is 1. The van der Waals surface area contributed by atoms with E-state index in [2.05, 4.69) is 0 Å². The first kappa shape index (κ1) is 19.3. The van der Waals surface area contributed by atoms with E-state index in [4.69, 9.17) is 4.74 Å². The summed E-state index contributed by atoms with van der Waals surface area (Å²) in [5.74, 6) is -0.316. The third kappa shape index (κ3) is 3.39. The summed E-state index contributed by atoms with van der Waals surface area (Å²) in [6.07, 6.45) is 3.31. The van der Waals surface area contributed by atoms with Crippen LogP contribution in [-0.4, -0.2) is 47.7 Å². The average molecular weight is 406 g/mol. The number of nitrogens with zero attached hydrogens (tertiary/aromatic N) is 2. The number of benzene rings is 1. The third-order valence-electron chi connectivity index (χ3n) is 5.29. The number of thioether (sulfide) groups is 1. The fourth-order valence-corrected chi connectivity index (χ4v) is 4.50. The minimum Gasteiger partial charge on any atom is -0.477 e. The zero-order valence-electron chi connectivity index (χ0n) is 15.7. The molecule has 1 saturated carbocycles. The van der Waals surface area contributed by atoms with E-state index in [1.165, 1.54) is 12.3 Å². The molecular formula is C20H23FN2O4S. The molecule has 0 amide bonds. The number of ether oxygens (including phenoxy) is 1. The first-order valence-electron chi connectivity index (χ1n) is 9.56. The number of pyridine rings is 1. The van der Waals surface area contributed by atoms with Crippen molar-refractivity contribution < 1.29 is 19.0 Å². The lowest BCUT2D eigenvalue weighted by Crippen LogP contribution is -2.37. The number of hydrogen-bond acceptors (Lipinski definition) is 5. The molecule has 2 aromatic rings. The number of halogens is 1. The SMILES string of the molecule is CCSCc1c(N2CCOCC2)c(F)cc2c(=O)c(C(=O)O)cn(C3CC3)c12. The molecule has 0 radical (unpaired) electrons. The van der Waals surface area contributed by atoms with E-state index < -0.39 is 17.2 Å². The predicted octanol–water partition coefficient (Wildman–Crippen LogP) is 3.26. The maximum Gasteiger partial charge on any atom is 0.341 e. The van der Waals surface area contributed by atoms with Crippen LogP contribution in [0.1, 0.15) is 41.7 Å². The fourth-order valence-electron chi connectivity index (χ4n) is 3.82. The quantitative estimate of drug-likeness (QED) is 0.794. The molecule has 1 aromatic heterocycles. The van der Waals surface area contributed by atoms with Gasteiger partial charge in [0.1, 0.15) is 11.4 Å². The van der Waals surface area contributed by atoms with Crippen LogP contribution < -0.4 is 10.3 Å². The van der Waals surface area contributed by atoms with Crippen molar-refractivity contribution in [1.82, 2.24) is 4.57 Å². The number of morpholine rings is 1. The van der Waals surface area contributed by atoms with E-state index in [9.17, 15) is 14.7 Å². The normalized spacial score (nSPS) is 17.3. The number of rotatable bonds is 6. The average Bonchev–Trinajstić information content (AvgIpc) is 3.52. The Balaban J connectivity index is 2.03. The first-order chi connectivity index (χ1) is 13.5. The van der Waals surface area contributed by atoms with Crippen LogP contribution in [0.3, 0.4) is 0 Å². The summed E-state index contributed by atoms with van der Waals surface area (Å²) in [4.78, 5) is 26.4. The molecule has 1 N–H and O–H groups in total. The lowest BCUT2D eigenvalue weighted by atomic mass is 10.0. The van der Waals surface area contributed by atoms with Gasteiger partial charge >= 0.3 is 5.97 Å². The van der Waals surface area contributed by atoms with Gasteiger partial charge in [-0.25, -0.2) is 9.18 Å². The fraction of sp³-hybridized carbons (Fsp3) is 0.500.